The molecular weight excluding hydrogens is 298 g/mol. The molecule has 0 aromatic heterocycles. The molecule has 3 aliphatic heterocycles. The highest BCUT2D eigenvalue weighted by Crippen LogP contribution is 2.16. The largest absolute Gasteiger partial charge is 0.379 e. The lowest BCUT2D eigenvalue weighted by molar-refractivity contribution is -0.146. The fourth-order valence-electron chi connectivity index (χ4n) is 3.39. The van der Waals surface area contributed by atoms with Crippen LogP contribution in [0.25, 0.3) is 0 Å². The first-order valence-corrected chi connectivity index (χ1v) is 8.72. The number of hydrogen-bond donors (Lipinski definition) is 0. The Labute approximate surface area is 137 Å². The maximum absolute atomic E-state index is 12.3. The molecule has 3 fully saturated rings. The molecule has 0 bridgehead atoms. The summed E-state index contributed by atoms with van der Waals surface area (Å²) in [4.78, 5) is 30.6. The van der Waals surface area contributed by atoms with Crippen molar-refractivity contribution in [2.75, 3.05) is 65.6 Å². The zero-order valence-electron chi connectivity index (χ0n) is 13.7. The summed E-state index contributed by atoms with van der Waals surface area (Å²) < 4.78 is 10.8. The molecule has 0 radical (unpaired) electrons. The number of hydrogen-bond acceptors (Lipinski definition) is 5. The Morgan fingerprint density at radius 1 is 0.913 bits per heavy atom. The van der Waals surface area contributed by atoms with Crippen molar-refractivity contribution in [1.29, 1.82) is 0 Å². The van der Waals surface area contributed by atoms with E-state index >= 15 is 0 Å². The third kappa shape index (κ3) is 4.43. The van der Waals surface area contributed by atoms with Crippen LogP contribution in [0.4, 0.5) is 0 Å². The standard InChI is InChI=1S/C16H27N3O4/c20-15(3-4-17-9-12-22-13-10-17)18-5-7-19(8-6-18)16(21)14-2-1-11-23-14/h14H,1-13H2. The second-order valence-electron chi connectivity index (χ2n) is 6.41. The fourth-order valence-corrected chi connectivity index (χ4v) is 3.39. The lowest BCUT2D eigenvalue weighted by Crippen LogP contribution is -2.53. The quantitative estimate of drug-likeness (QED) is 0.701. The van der Waals surface area contributed by atoms with E-state index < -0.39 is 0 Å². The third-order valence-electron chi connectivity index (χ3n) is 4.89. The van der Waals surface area contributed by atoms with Gasteiger partial charge >= 0.3 is 0 Å². The first kappa shape index (κ1) is 16.7. The lowest BCUT2D eigenvalue weighted by atomic mass is 10.2. The Morgan fingerprint density at radius 3 is 2.26 bits per heavy atom. The van der Waals surface area contributed by atoms with Gasteiger partial charge in [-0.1, -0.05) is 0 Å². The van der Waals surface area contributed by atoms with Crippen molar-refractivity contribution in [2.24, 2.45) is 0 Å². The molecule has 0 saturated carbocycles. The van der Waals surface area contributed by atoms with Crippen LogP contribution in [0.2, 0.25) is 0 Å². The molecule has 3 saturated heterocycles. The number of ether oxygens (including phenoxy) is 2. The maximum atomic E-state index is 12.3. The van der Waals surface area contributed by atoms with E-state index in [1.807, 2.05) is 9.80 Å². The normalized spacial score (nSPS) is 26.5. The zero-order chi connectivity index (χ0) is 16.1. The van der Waals surface area contributed by atoms with Gasteiger partial charge in [0.2, 0.25) is 5.91 Å². The summed E-state index contributed by atoms with van der Waals surface area (Å²) in [6, 6.07) is 0. The smallest absolute Gasteiger partial charge is 0.251 e. The van der Waals surface area contributed by atoms with E-state index in [2.05, 4.69) is 4.90 Å². The predicted molar refractivity (Wildman–Crippen MR) is 84.0 cm³/mol. The molecule has 0 N–H and O–H groups in total. The van der Waals surface area contributed by atoms with E-state index in [4.69, 9.17) is 9.47 Å². The van der Waals surface area contributed by atoms with Gasteiger partial charge in [-0.2, -0.15) is 0 Å². The molecule has 1 unspecified atom stereocenters. The van der Waals surface area contributed by atoms with Gasteiger partial charge in [0.05, 0.1) is 13.2 Å². The average molecular weight is 325 g/mol. The summed E-state index contributed by atoms with van der Waals surface area (Å²) in [5.41, 5.74) is 0. The Bertz CT molecular complexity index is 412. The Balaban J connectivity index is 1.37. The number of nitrogens with zero attached hydrogens (tertiary/aromatic N) is 3. The summed E-state index contributed by atoms with van der Waals surface area (Å²) in [5, 5.41) is 0. The molecule has 0 aromatic rings. The van der Waals surface area contributed by atoms with Crippen molar-refractivity contribution >= 4 is 11.8 Å². The minimum atomic E-state index is -0.251. The van der Waals surface area contributed by atoms with Gasteiger partial charge in [0.15, 0.2) is 0 Å². The van der Waals surface area contributed by atoms with Crippen molar-refractivity contribution in [3.8, 4) is 0 Å². The molecule has 3 heterocycles. The van der Waals surface area contributed by atoms with E-state index in [9.17, 15) is 9.59 Å². The minimum Gasteiger partial charge on any atom is -0.379 e. The molecule has 3 aliphatic rings. The molecule has 130 valence electrons. The second kappa shape index (κ2) is 8.08. The van der Waals surface area contributed by atoms with Crippen LogP contribution in [0.5, 0.6) is 0 Å². The van der Waals surface area contributed by atoms with E-state index in [0.717, 1.165) is 45.7 Å². The van der Waals surface area contributed by atoms with Crippen LogP contribution < -0.4 is 0 Å². The number of rotatable bonds is 4. The van der Waals surface area contributed by atoms with Gasteiger partial charge in [-0.25, -0.2) is 0 Å². The van der Waals surface area contributed by atoms with Crippen LogP contribution in [0.15, 0.2) is 0 Å². The van der Waals surface area contributed by atoms with E-state index in [0.29, 0.717) is 39.2 Å². The first-order valence-electron chi connectivity index (χ1n) is 8.72. The van der Waals surface area contributed by atoms with Crippen molar-refractivity contribution in [1.82, 2.24) is 14.7 Å². The lowest BCUT2D eigenvalue weighted by Gasteiger charge is -2.36. The maximum Gasteiger partial charge on any atom is 0.251 e. The minimum absolute atomic E-state index is 0.0999. The van der Waals surface area contributed by atoms with Gasteiger partial charge in [-0.15, -0.1) is 0 Å². The SMILES string of the molecule is O=C(CCN1CCOCC1)N1CCN(C(=O)C2CCCO2)CC1. The zero-order valence-corrected chi connectivity index (χ0v) is 13.7. The first-order chi connectivity index (χ1) is 11.2. The highest BCUT2D eigenvalue weighted by atomic mass is 16.5. The number of morpholine rings is 1. The van der Waals surface area contributed by atoms with Crippen LogP contribution in [-0.2, 0) is 19.1 Å². The summed E-state index contributed by atoms with van der Waals surface area (Å²) in [5.74, 6) is 0.295. The summed E-state index contributed by atoms with van der Waals surface area (Å²) in [6.07, 6.45) is 2.10. The van der Waals surface area contributed by atoms with Crippen LogP contribution in [0.1, 0.15) is 19.3 Å². The predicted octanol–water partition coefficient (Wildman–Crippen LogP) is -0.441. The highest BCUT2D eigenvalue weighted by Gasteiger charge is 2.31. The molecule has 3 rings (SSSR count). The van der Waals surface area contributed by atoms with E-state index in [1.54, 1.807) is 0 Å². The Kier molecular flexibility index (Phi) is 5.85. The molecule has 7 heteroatoms. The highest BCUT2D eigenvalue weighted by molar-refractivity contribution is 5.82. The van der Waals surface area contributed by atoms with Crippen molar-refractivity contribution in [2.45, 2.75) is 25.4 Å². The average Bonchev–Trinajstić information content (AvgIpc) is 3.15. The van der Waals surface area contributed by atoms with Gasteiger partial charge in [-0.3, -0.25) is 14.5 Å². The van der Waals surface area contributed by atoms with Crippen LogP contribution in [0, 0.1) is 0 Å². The van der Waals surface area contributed by atoms with Gasteiger partial charge in [0, 0.05) is 58.8 Å². The molecule has 0 aromatic carbocycles. The topological polar surface area (TPSA) is 62.3 Å². The Morgan fingerprint density at radius 2 is 1.61 bits per heavy atom. The number of carbonyl (C=O) groups excluding carboxylic acids is 2. The Hall–Kier alpha value is -1.18. The van der Waals surface area contributed by atoms with E-state index in [1.165, 1.54) is 0 Å². The molecule has 2 amide bonds. The molecule has 0 spiro atoms. The van der Waals surface area contributed by atoms with Crippen LogP contribution in [0.3, 0.4) is 0 Å². The molecule has 23 heavy (non-hydrogen) atoms. The summed E-state index contributed by atoms with van der Waals surface area (Å²) in [7, 11) is 0. The molecule has 0 aliphatic carbocycles. The number of carbonyl (C=O) groups is 2. The van der Waals surface area contributed by atoms with Crippen molar-refractivity contribution in [3.63, 3.8) is 0 Å². The van der Waals surface area contributed by atoms with Gasteiger partial charge in [-0.05, 0) is 12.8 Å². The molecule has 1 atom stereocenters. The van der Waals surface area contributed by atoms with Crippen molar-refractivity contribution in [3.05, 3.63) is 0 Å². The molecule has 7 nitrogen and oxygen atoms in total. The number of piperazine rings is 1. The van der Waals surface area contributed by atoms with Gasteiger partial charge in [0.1, 0.15) is 6.10 Å². The fraction of sp³-hybridized carbons (Fsp3) is 0.875. The van der Waals surface area contributed by atoms with Crippen molar-refractivity contribution < 1.29 is 19.1 Å². The second-order valence-corrected chi connectivity index (χ2v) is 6.41. The summed E-state index contributed by atoms with van der Waals surface area (Å²) in [6.45, 7) is 7.38. The van der Waals surface area contributed by atoms with Crippen LogP contribution >= 0.6 is 0 Å². The van der Waals surface area contributed by atoms with Gasteiger partial charge < -0.3 is 19.3 Å². The van der Waals surface area contributed by atoms with Gasteiger partial charge in [0.25, 0.3) is 5.91 Å². The molecular formula is C16H27N3O4. The van der Waals surface area contributed by atoms with E-state index in [-0.39, 0.29) is 17.9 Å². The summed E-state index contributed by atoms with van der Waals surface area (Å²) >= 11 is 0. The third-order valence-corrected chi connectivity index (χ3v) is 4.89. The van der Waals surface area contributed by atoms with Crippen LogP contribution in [-0.4, -0.2) is 98.3 Å². The monoisotopic (exact) mass is 325 g/mol. The number of amides is 2.